The molecule has 0 heterocycles. The zero-order valence-electron chi connectivity index (χ0n) is 14.0. The Morgan fingerprint density at radius 3 is 1.86 bits per heavy atom. The van der Waals surface area contributed by atoms with Crippen molar-refractivity contribution in [3.63, 3.8) is 0 Å². The molecule has 1 aromatic carbocycles. The summed E-state index contributed by atoms with van der Waals surface area (Å²) in [5, 5.41) is 0.558. The van der Waals surface area contributed by atoms with Crippen LogP contribution in [0.4, 0.5) is 0 Å². The maximum atomic E-state index is 12.3. The fourth-order valence-electron chi connectivity index (χ4n) is 2.10. The van der Waals surface area contributed by atoms with Crippen LogP contribution in [0.1, 0.15) is 32.4 Å². The predicted octanol–water partition coefficient (Wildman–Crippen LogP) is 4.15. The molecule has 21 heavy (non-hydrogen) atoms. The molecule has 1 radical (unpaired) electrons. The first-order valence-electron chi connectivity index (χ1n) is 6.93. The van der Waals surface area contributed by atoms with Crippen molar-refractivity contribution in [2.45, 2.75) is 40.0 Å². The van der Waals surface area contributed by atoms with E-state index in [0.717, 1.165) is 5.56 Å². The third-order valence-corrected chi connectivity index (χ3v) is 5.73. The van der Waals surface area contributed by atoms with E-state index in [1.54, 1.807) is 12.1 Å². The molecule has 1 rings (SSSR count). The van der Waals surface area contributed by atoms with E-state index in [1.165, 1.54) is 14.2 Å². The lowest BCUT2D eigenvalue weighted by molar-refractivity contribution is 0.0866. The molecular formula is C15H26O4PSi. The maximum Gasteiger partial charge on any atom is 0.360 e. The smallest absolute Gasteiger partial charge is 0.360 e. The molecule has 0 fully saturated rings. The van der Waals surface area contributed by atoms with E-state index in [1.807, 2.05) is 12.1 Å². The molecule has 0 amide bonds. The molecular weight excluding hydrogens is 303 g/mol. The molecule has 1 unspecified atom stereocenters. The lowest BCUT2D eigenvalue weighted by Gasteiger charge is -2.33. The zero-order chi connectivity index (χ0) is 16.3. The van der Waals surface area contributed by atoms with Crippen molar-refractivity contribution in [1.29, 1.82) is 0 Å². The van der Waals surface area contributed by atoms with Crippen LogP contribution in [0.25, 0.3) is 0 Å². The van der Waals surface area contributed by atoms with Crippen LogP contribution < -0.4 is 5.30 Å². The summed E-state index contributed by atoms with van der Waals surface area (Å²) < 4.78 is 28.5. The topological polar surface area (TPSA) is 44.8 Å². The van der Waals surface area contributed by atoms with Gasteiger partial charge in [-0.3, -0.25) is 4.57 Å². The van der Waals surface area contributed by atoms with Gasteiger partial charge in [0, 0.05) is 14.2 Å². The monoisotopic (exact) mass is 329 g/mol. The Morgan fingerprint density at radius 2 is 1.52 bits per heavy atom. The highest BCUT2D eigenvalue weighted by atomic mass is 31.2. The fraction of sp³-hybridized carbons (Fsp3) is 0.600. The van der Waals surface area contributed by atoms with Gasteiger partial charge in [-0.2, -0.15) is 0 Å². The molecule has 0 saturated heterocycles. The molecule has 0 aromatic heterocycles. The molecule has 0 spiro atoms. The Bertz CT molecular complexity index is 485. The van der Waals surface area contributed by atoms with Crippen molar-refractivity contribution in [3.05, 3.63) is 29.8 Å². The molecule has 0 N–H and O–H groups in total. The second kappa shape index (κ2) is 7.21. The first-order chi connectivity index (χ1) is 9.64. The lowest BCUT2D eigenvalue weighted by Crippen LogP contribution is -2.26. The van der Waals surface area contributed by atoms with Crippen LogP contribution in [0.5, 0.6) is 0 Å². The van der Waals surface area contributed by atoms with E-state index in [9.17, 15) is 4.57 Å². The van der Waals surface area contributed by atoms with Crippen molar-refractivity contribution < 1.29 is 18.0 Å². The minimum Gasteiger partial charge on any atom is -0.410 e. The van der Waals surface area contributed by atoms with Crippen LogP contribution in [-0.4, -0.2) is 23.3 Å². The van der Waals surface area contributed by atoms with E-state index >= 15 is 0 Å². The highest BCUT2D eigenvalue weighted by Crippen LogP contribution is 2.45. The summed E-state index contributed by atoms with van der Waals surface area (Å²) in [5.41, 5.74) is 1.08. The van der Waals surface area contributed by atoms with Crippen molar-refractivity contribution in [3.8, 4) is 0 Å². The fourth-order valence-corrected chi connectivity index (χ4v) is 4.14. The summed E-state index contributed by atoms with van der Waals surface area (Å²) in [6, 6.07) is 7.48. The zero-order valence-corrected chi connectivity index (χ0v) is 15.9. The summed E-state index contributed by atoms with van der Waals surface area (Å²) in [6.45, 7) is 10.7. The molecule has 4 nitrogen and oxygen atoms in total. The number of hydrogen-bond donors (Lipinski definition) is 0. The van der Waals surface area contributed by atoms with Gasteiger partial charge >= 0.3 is 7.60 Å². The normalized spacial score (nSPS) is 14.5. The standard InChI is InChI=1S/C15H26O4PSi/c1-15(2,3)14(19-21(6)7)12-8-10-13(11-9-12)20(16,17-4)18-5/h8-11,14H,1-7H3. The highest BCUT2D eigenvalue weighted by Gasteiger charge is 2.29. The van der Waals surface area contributed by atoms with Crippen LogP contribution in [0, 0.1) is 5.41 Å². The number of benzene rings is 1. The summed E-state index contributed by atoms with van der Waals surface area (Å²) in [4.78, 5) is 0. The van der Waals surface area contributed by atoms with E-state index in [4.69, 9.17) is 13.5 Å². The molecule has 0 aliphatic carbocycles. The van der Waals surface area contributed by atoms with Gasteiger partial charge in [-0.1, -0.05) is 32.9 Å². The van der Waals surface area contributed by atoms with E-state index in [-0.39, 0.29) is 11.5 Å². The van der Waals surface area contributed by atoms with Gasteiger partial charge in [0.15, 0.2) is 0 Å². The summed E-state index contributed by atoms with van der Waals surface area (Å²) in [6.07, 6.45) is 0.0138. The molecule has 0 saturated carbocycles. The number of rotatable bonds is 6. The minimum absolute atomic E-state index is 0.00430. The lowest BCUT2D eigenvalue weighted by atomic mass is 9.85. The molecule has 6 heteroatoms. The van der Waals surface area contributed by atoms with Crippen molar-refractivity contribution >= 4 is 21.9 Å². The molecule has 1 atom stereocenters. The Morgan fingerprint density at radius 1 is 1.05 bits per heavy atom. The SMILES string of the molecule is COP(=O)(OC)c1ccc(C(O[Si](C)C)C(C)(C)C)cc1. The average Bonchev–Trinajstić information content (AvgIpc) is 2.43. The minimum atomic E-state index is -3.19. The van der Waals surface area contributed by atoms with Crippen LogP contribution in [-0.2, 0) is 18.0 Å². The van der Waals surface area contributed by atoms with Gasteiger partial charge in [-0.25, -0.2) is 0 Å². The Labute approximate surface area is 130 Å². The Hall–Kier alpha value is -0.453. The maximum absolute atomic E-state index is 12.3. The van der Waals surface area contributed by atoms with Crippen LogP contribution in [0.3, 0.4) is 0 Å². The molecule has 0 aliphatic heterocycles. The summed E-state index contributed by atoms with van der Waals surface area (Å²) in [5.74, 6) is 0. The van der Waals surface area contributed by atoms with Crippen molar-refractivity contribution in [2.24, 2.45) is 5.41 Å². The second-order valence-corrected chi connectivity index (χ2v) is 10.5. The van der Waals surface area contributed by atoms with Crippen molar-refractivity contribution in [2.75, 3.05) is 14.2 Å². The number of hydrogen-bond acceptors (Lipinski definition) is 4. The third kappa shape index (κ3) is 4.76. The Kier molecular flexibility index (Phi) is 6.38. The van der Waals surface area contributed by atoms with Gasteiger partial charge < -0.3 is 13.5 Å². The molecule has 119 valence electrons. The first-order valence-corrected chi connectivity index (χ1v) is 10.9. The van der Waals surface area contributed by atoms with Crippen molar-refractivity contribution in [1.82, 2.24) is 0 Å². The average molecular weight is 329 g/mol. The van der Waals surface area contributed by atoms with Crippen LogP contribution >= 0.6 is 7.60 Å². The van der Waals surface area contributed by atoms with Gasteiger partial charge in [-0.05, 0) is 36.2 Å². The van der Waals surface area contributed by atoms with Gasteiger partial charge in [0.05, 0.1) is 11.4 Å². The summed E-state index contributed by atoms with van der Waals surface area (Å²) in [7, 11) is -1.22. The van der Waals surface area contributed by atoms with Gasteiger partial charge in [-0.15, -0.1) is 0 Å². The molecule has 0 bridgehead atoms. The van der Waals surface area contributed by atoms with E-state index < -0.39 is 16.6 Å². The van der Waals surface area contributed by atoms with Crippen LogP contribution in [0.15, 0.2) is 24.3 Å². The second-order valence-electron chi connectivity index (χ2n) is 6.23. The highest BCUT2D eigenvalue weighted by molar-refractivity contribution is 7.62. The quantitative estimate of drug-likeness (QED) is 0.581. The Balaban J connectivity index is 3.12. The third-order valence-electron chi connectivity index (χ3n) is 3.13. The van der Waals surface area contributed by atoms with Crippen LogP contribution in [0.2, 0.25) is 13.1 Å². The van der Waals surface area contributed by atoms with Gasteiger partial charge in [0.1, 0.15) is 0 Å². The molecule has 1 aromatic rings. The summed E-state index contributed by atoms with van der Waals surface area (Å²) >= 11 is 0. The van der Waals surface area contributed by atoms with Gasteiger partial charge in [0.25, 0.3) is 0 Å². The van der Waals surface area contributed by atoms with E-state index in [0.29, 0.717) is 5.30 Å². The largest absolute Gasteiger partial charge is 0.410 e. The predicted molar refractivity (Wildman–Crippen MR) is 88.5 cm³/mol. The van der Waals surface area contributed by atoms with Gasteiger partial charge in [0.2, 0.25) is 9.04 Å². The van der Waals surface area contributed by atoms with E-state index in [2.05, 4.69) is 33.9 Å². The first kappa shape index (κ1) is 18.6. The molecule has 0 aliphatic rings.